The largest absolute Gasteiger partial charge is 0.261 e. The van der Waals surface area contributed by atoms with Gasteiger partial charge in [0.1, 0.15) is 0 Å². The SMILES string of the molecule is CC(C)c1cncc(C(C)C)n1. The first-order valence-corrected chi connectivity index (χ1v) is 4.43. The quantitative estimate of drug-likeness (QED) is 0.671. The topological polar surface area (TPSA) is 25.8 Å². The molecule has 0 radical (unpaired) electrons. The molecule has 0 spiro atoms. The fraction of sp³-hybridized carbons (Fsp3) is 0.600. The molecule has 0 atom stereocenters. The molecule has 0 unspecified atom stereocenters. The molecule has 0 amide bonds. The summed E-state index contributed by atoms with van der Waals surface area (Å²) in [4.78, 5) is 8.67. The van der Waals surface area contributed by atoms with Gasteiger partial charge in [-0.05, 0) is 11.8 Å². The standard InChI is InChI=1S/C10H16N2/c1-7(2)9-5-11-6-10(12-9)8(3)4/h5-8H,1-4H3. The Labute approximate surface area is 74.1 Å². The van der Waals surface area contributed by atoms with Gasteiger partial charge >= 0.3 is 0 Å². The van der Waals surface area contributed by atoms with Crippen LogP contribution < -0.4 is 0 Å². The van der Waals surface area contributed by atoms with Gasteiger partial charge in [0.05, 0.1) is 11.4 Å². The van der Waals surface area contributed by atoms with Gasteiger partial charge in [0, 0.05) is 12.4 Å². The zero-order valence-electron chi connectivity index (χ0n) is 8.20. The average Bonchev–Trinajstić information content (AvgIpc) is 2.04. The number of aromatic nitrogens is 2. The van der Waals surface area contributed by atoms with Crippen LogP contribution >= 0.6 is 0 Å². The van der Waals surface area contributed by atoms with E-state index in [2.05, 4.69) is 37.7 Å². The molecule has 1 aromatic rings. The molecule has 0 N–H and O–H groups in total. The minimum atomic E-state index is 0.469. The summed E-state index contributed by atoms with van der Waals surface area (Å²) in [5, 5.41) is 0. The van der Waals surface area contributed by atoms with Gasteiger partial charge in [-0.25, -0.2) is 0 Å². The van der Waals surface area contributed by atoms with Crippen LogP contribution in [0.25, 0.3) is 0 Å². The van der Waals surface area contributed by atoms with Crippen molar-refractivity contribution in [3.05, 3.63) is 23.8 Å². The number of rotatable bonds is 2. The second-order valence-corrected chi connectivity index (χ2v) is 3.68. The summed E-state index contributed by atoms with van der Waals surface area (Å²) in [5.74, 6) is 0.937. The van der Waals surface area contributed by atoms with Gasteiger partial charge in [-0.2, -0.15) is 0 Å². The molecular weight excluding hydrogens is 148 g/mol. The maximum Gasteiger partial charge on any atom is 0.0615 e. The van der Waals surface area contributed by atoms with Gasteiger partial charge in [-0.15, -0.1) is 0 Å². The first-order valence-electron chi connectivity index (χ1n) is 4.43. The fourth-order valence-corrected chi connectivity index (χ4v) is 0.953. The lowest BCUT2D eigenvalue weighted by atomic mass is 10.1. The molecule has 0 saturated heterocycles. The molecule has 1 rings (SSSR count). The minimum Gasteiger partial charge on any atom is -0.261 e. The lowest BCUT2D eigenvalue weighted by Gasteiger charge is -2.07. The maximum absolute atomic E-state index is 4.51. The Morgan fingerprint density at radius 2 is 1.33 bits per heavy atom. The van der Waals surface area contributed by atoms with E-state index in [-0.39, 0.29) is 0 Å². The normalized spacial score (nSPS) is 11.2. The van der Waals surface area contributed by atoms with E-state index >= 15 is 0 Å². The molecule has 1 aromatic heterocycles. The van der Waals surface area contributed by atoms with Crippen molar-refractivity contribution in [3.63, 3.8) is 0 Å². The second-order valence-electron chi connectivity index (χ2n) is 3.68. The van der Waals surface area contributed by atoms with Crippen molar-refractivity contribution in [2.45, 2.75) is 39.5 Å². The zero-order chi connectivity index (χ0) is 9.14. The van der Waals surface area contributed by atoms with E-state index in [0.717, 1.165) is 11.4 Å². The molecule has 0 bridgehead atoms. The monoisotopic (exact) mass is 164 g/mol. The van der Waals surface area contributed by atoms with Crippen LogP contribution in [0.4, 0.5) is 0 Å². The third kappa shape index (κ3) is 2.03. The summed E-state index contributed by atoms with van der Waals surface area (Å²) < 4.78 is 0. The average molecular weight is 164 g/mol. The molecule has 0 aliphatic heterocycles. The highest BCUT2D eigenvalue weighted by molar-refractivity contribution is 5.09. The third-order valence-electron chi connectivity index (χ3n) is 1.85. The fourth-order valence-electron chi connectivity index (χ4n) is 0.953. The lowest BCUT2D eigenvalue weighted by molar-refractivity contribution is 0.751. The lowest BCUT2D eigenvalue weighted by Crippen LogP contribution is -2.00. The molecule has 2 nitrogen and oxygen atoms in total. The Kier molecular flexibility index (Phi) is 2.79. The molecule has 0 aromatic carbocycles. The predicted octanol–water partition coefficient (Wildman–Crippen LogP) is 2.72. The van der Waals surface area contributed by atoms with Crippen molar-refractivity contribution in [1.29, 1.82) is 0 Å². The first-order chi connectivity index (χ1) is 5.61. The predicted molar refractivity (Wildman–Crippen MR) is 50.2 cm³/mol. The van der Waals surface area contributed by atoms with Crippen LogP contribution in [0.5, 0.6) is 0 Å². The van der Waals surface area contributed by atoms with Gasteiger partial charge < -0.3 is 0 Å². The van der Waals surface area contributed by atoms with E-state index < -0.39 is 0 Å². The van der Waals surface area contributed by atoms with Gasteiger partial charge in [-0.1, -0.05) is 27.7 Å². The van der Waals surface area contributed by atoms with E-state index in [9.17, 15) is 0 Å². The molecule has 0 aliphatic carbocycles. The molecule has 12 heavy (non-hydrogen) atoms. The van der Waals surface area contributed by atoms with Crippen LogP contribution in [0, 0.1) is 0 Å². The molecule has 0 fully saturated rings. The van der Waals surface area contributed by atoms with Crippen molar-refractivity contribution >= 4 is 0 Å². The summed E-state index contributed by atoms with van der Waals surface area (Å²) in [6.07, 6.45) is 3.69. The highest BCUT2D eigenvalue weighted by atomic mass is 14.8. The summed E-state index contributed by atoms with van der Waals surface area (Å²) >= 11 is 0. The second kappa shape index (κ2) is 3.65. The maximum atomic E-state index is 4.51. The van der Waals surface area contributed by atoms with E-state index in [1.54, 1.807) is 0 Å². The molecule has 0 saturated carbocycles. The van der Waals surface area contributed by atoms with E-state index in [0.29, 0.717) is 11.8 Å². The molecule has 1 heterocycles. The van der Waals surface area contributed by atoms with E-state index in [1.165, 1.54) is 0 Å². The highest BCUT2D eigenvalue weighted by Crippen LogP contribution is 2.14. The molecule has 66 valence electrons. The Balaban J connectivity index is 2.96. The smallest absolute Gasteiger partial charge is 0.0615 e. The third-order valence-corrected chi connectivity index (χ3v) is 1.85. The van der Waals surface area contributed by atoms with Gasteiger partial charge in [0.15, 0.2) is 0 Å². The van der Waals surface area contributed by atoms with Gasteiger partial charge in [0.25, 0.3) is 0 Å². The summed E-state index contributed by atoms with van der Waals surface area (Å²) in [6, 6.07) is 0. The van der Waals surface area contributed by atoms with Crippen LogP contribution in [-0.2, 0) is 0 Å². The zero-order valence-corrected chi connectivity index (χ0v) is 8.20. The van der Waals surface area contributed by atoms with E-state index in [4.69, 9.17) is 0 Å². The van der Waals surface area contributed by atoms with Gasteiger partial charge in [0.2, 0.25) is 0 Å². The number of nitrogens with zero attached hydrogens (tertiary/aromatic N) is 2. The van der Waals surface area contributed by atoms with Gasteiger partial charge in [-0.3, -0.25) is 9.97 Å². The first kappa shape index (κ1) is 9.17. The number of hydrogen-bond donors (Lipinski definition) is 0. The molecule has 0 aliphatic rings. The van der Waals surface area contributed by atoms with Crippen LogP contribution in [0.3, 0.4) is 0 Å². The number of hydrogen-bond acceptors (Lipinski definition) is 2. The Bertz CT molecular complexity index is 231. The Morgan fingerprint density at radius 3 is 1.67 bits per heavy atom. The summed E-state index contributed by atoms with van der Waals surface area (Å²) in [5.41, 5.74) is 2.17. The van der Waals surface area contributed by atoms with Crippen LogP contribution in [-0.4, -0.2) is 9.97 Å². The Morgan fingerprint density at radius 1 is 0.917 bits per heavy atom. The van der Waals surface area contributed by atoms with Crippen LogP contribution in [0.1, 0.15) is 50.9 Å². The summed E-state index contributed by atoms with van der Waals surface area (Å²) in [6.45, 7) is 8.53. The Hall–Kier alpha value is -0.920. The van der Waals surface area contributed by atoms with Crippen molar-refractivity contribution < 1.29 is 0 Å². The van der Waals surface area contributed by atoms with E-state index in [1.807, 2.05) is 12.4 Å². The van der Waals surface area contributed by atoms with Crippen LogP contribution in [0.2, 0.25) is 0 Å². The molecule has 2 heteroatoms. The highest BCUT2D eigenvalue weighted by Gasteiger charge is 2.05. The van der Waals surface area contributed by atoms with Crippen molar-refractivity contribution in [1.82, 2.24) is 9.97 Å². The summed E-state index contributed by atoms with van der Waals surface area (Å²) in [7, 11) is 0. The minimum absolute atomic E-state index is 0.469. The van der Waals surface area contributed by atoms with Crippen molar-refractivity contribution in [3.8, 4) is 0 Å². The molecular formula is C10H16N2. The van der Waals surface area contributed by atoms with Crippen molar-refractivity contribution in [2.75, 3.05) is 0 Å². The van der Waals surface area contributed by atoms with Crippen molar-refractivity contribution in [2.24, 2.45) is 0 Å². The van der Waals surface area contributed by atoms with Crippen LogP contribution in [0.15, 0.2) is 12.4 Å².